The normalized spacial score (nSPS) is 10.7. The maximum Gasteiger partial charge on any atom is 0.305 e. The average Bonchev–Trinajstić information content (AvgIpc) is 3.25. The molecule has 0 saturated carbocycles. The first-order valence-electron chi connectivity index (χ1n) is 7.93. The van der Waals surface area contributed by atoms with Crippen molar-refractivity contribution in [1.29, 1.82) is 0 Å². The van der Waals surface area contributed by atoms with Crippen molar-refractivity contribution in [3.63, 3.8) is 0 Å². The van der Waals surface area contributed by atoms with Crippen LogP contribution < -0.4 is 5.32 Å². The summed E-state index contributed by atoms with van der Waals surface area (Å²) in [6.07, 6.45) is 4.53. The minimum Gasteiger partial charge on any atom is -0.481 e. The highest BCUT2D eigenvalue weighted by Crippen LogP contribution is 2.23. The molecule has 1 amide bonds. The standard InChI is InChI=1S/C17H15Cl2N5O3/c18-13-2-1-11(7-14(13)19)9-23-10-12(8-21-23)22-17(27)15-3-5-20-24(15)6-4-16(25)26/h1-3,5,7-8,10H,4,6,9H2,(H,22,27)(H,25,26). The van der Waals surface area contributed by atoms with Crippen molar-refractivity contribution in [3.8, 4) is 0 Å². The van der Waals surface area contributed by atoms with Gasteiger partial charge in [0, 0.05) is 12.4 Å². The third-order valence-electron chi connectivity index (χ3n) is 3.71. The Kier molecular flexibility index (Phi) is 5.78. The first-order chi connectivity index (χ1) is 12.9. The van der Waals surface area contributed by atoms with E-state index in [1.807, 2.05) is 6.07 Å². The van der Waals surface area contributed by atoms with Gasteiger partial charge in [-0.05, 0) is 23.8 Å². The molecule has 0 aliphatic rings. The van der Waals surface area contributed by atoms with Crippen molar-refractivity contribution in [2.75, 3.05) is 5.32 Å². The van der Waals surface area contributed by atoms with Gasteiger partial charge < -0.3 is 10.4 Å². The minimum absolute atomic E-state index is 0.113. The highest BCUT2D eigenvalue weighted by molar-refractivity contribution is 6.42. The summed E-state index contributed by atoms with van der Waals surface area (Å²) in [4.78, 5) is 23.1. The number of halogens is 2. The van der Waals surface area contributed by atoms with Gasteiger partial charge in [0.15, 0.2) is 0 Å². The number of aromatic nitrogens is 4. The smallest absolute Gasteiger partial charge is 0.305 e. The number of hydrogen-bond donors (Lipinski definition) is 2. The van der Waals surface area contributed by atoms with Crippen LogP contribution in [0.2, 0.25) is 10.0 Å². The number of rotatable bonds is 7. The van der Waals surface area contributed by atoms with E-state index in [0.717, 1.165) is 5.56 Å². The van der Waals surface area contributed by atoms with E-state index >= 15 is 0 Å². The lowest BCUT2D eigenvalue weighted by Gasteiger charge is -2.06. The Morgan fingerprint density at radius 1 is 1.15 bits per heavy atom. The molecule has 1 aromatic carbocycles. The zero-order valence-corrected chi connectivity index (χ0v) is 15.5. The Labute approximate surface area is 164 Å². The molecule has 0 aliphatic heterocycles. The van der Waals surface area contributed by atoms with Crippen LogP contribution in [0.5, 0.6) is 0 Å². The van der Waals surface area contributed by atoms with Crippen molar-refractivity contribution in [3.05, 3.63) is 64.2 Å². The van der Waals surface area contributed by atoms with Crippen molar-refractivity contribution >= 4 is 40.8 Å². The van der Waals surface area contributed by atoms with Crippen LogP contribution in [-0.2, 0) is 17.9 Å². The summed E-state index contributed by atoms with van der Waals surface area (Å²) < 4.78 is 3.00. The zero-order chi connectivity index (χ0) is 19.4. The molecular formula is C17H15Cl2N5O3. The first kappa shape index (κ1) is 18.9. The minimum atomic E-state index is -0.958. The van der Waals surface area contributed by atoms with E-state index in [9.17, 15) is 9.59 Å². The number of nitrogens with one attached hydrogen (secondary N) is 1. The lowest BCUT2D eigenvalue weighted by atomic mass is 10.2. The summed E-state index contributed by atoms with van der Waals surface area (Å²) in [5.41, 5.74) is 1.69. The first-order valence-corrected chi connectivity index (χ1v) is 8.69. The number of anilines is 1. The predicted octanol–water partition coefficient (Wildman–Crippen LogP) is 3.16. The Morgan fingerprint density at radius 2 is 1.96 bits per heavy atom. The Bertz CT molecular complexity index is 983. The maximum absolute atomic E-state index is 12.4. The number of nitrogens with zero attached hydrogens (tertiary/aromatic N) is 4. The molecule has 0 unspecified atom stereocenters. The number of hydrogen-bond acceptors (Lipinski definition) is 4. The second kappa shape index (κ2) is 8.24. The summed E-state index contributed by atoms with van der Waals surface area (Å²) in [6, 6.07) is 6.83. The van der Waals surface area contributed by atoms with Gasteiger partial charge >= 0.3 is 5.97 Å². The molecule has 2 aromatic heterocycles. The Balaban J connectivity index is 1.65. The molecule has 0 spiro atoms. The summed E-state index contributed by atoms with van der Waals surface area (Å²) >= 11 is 11.9. The van der Waals surface area contributed by atoms with Crippen molar-refractivity contribution in [2.45, 2.75) is 19.5 Å². The number of aliphatic carboxylic acids is 1. The molecule has 2 N–H and O–H groups in total. The molecule has 0 aliphatic carbocycles. The number of carboxylic acid groups (broad SMARTS) is 1. The van der Waals surface area contributed by atoms with Crippen molar-refractivity contribution in [2.24, 2.45) is 0 Å². The van der Waals surface area contributed by atoms with Crippen LogP contribution in [0.15, 0.2) is 42.9 Å². The van der Waals surface area contributed by atoms with E-state index < -0.39 is 11.9 Å². The third-order valence-corrected chi connectivity index (χ3v) is 4.45. The monoisotopic (exact) mass is 407 g/mol. The Morgan fingerprint density at radius 3 is 2.70 bits per heavy atom. The van der Waals surface area contributed by atoms with E-state index in [0.29, 0.717) is 22.3 Å². The topological polar surface area (TPSA) is 102 Å². The van der Waals surface area contributed by atoms with Gasteiger partial charge in [-0.15, -0.1) is 0 Å². The number of benzene rings is 1. The van der Waals surface area contributed by atoms with Gasteiger partial charge in [0.05, 0.1) is 41.4 Å². The molecule has 3 rings (SSSR count). The third kappa shape index (κ3) is 4.87. The maximum atomic E-state index is 12.4. The molecule has 0 fully saturated rings. The zero-order valence-electron chi connectivity index (χ0n) is 14.0. The summed E-state index contributed by atoms with van der Waals surface area (Å²) in [5, 5.41) is 20.6. The van der Waals surface area contributed by atoms with Gasteiger partial charge in [-0.25, -0.2) is 0 Å². The lowest BCUT2D eigenvalue weighted by Crippen LogP contribution is -2.18. The molecule has 27 heavy (non-hydrogen) atoms. The number of carbonyl (C=O) groups excluding carboxylic acids is 1. The van der Waals surface area contributed by atoms with Gasteiger partial charge in [0.25, 0.3) is 5.91 Å². The number of carboxylic acids is 1. The fourth-order valence-electron chi connectivity index (χ4n) is 2.44. The van der Waals surface area contributed by atoms with Crippen LogP contribution in [0.3, 0.4) is 0 Å². The van der Waals surface area contributed by atoms with E-state index in [4.69, 9.17) is 28.3 Å². The van der Waals surface area contributed by atoms with Crippen LogP contribution in [0.4, 0.5) is 5.69 Å². The largest absolute Gasteiger partial charge is 0.481 e. The molecule has 0 radical (unpaired) electrons. The number of amides is 1. The van der Waals surface area contributed by atoms with Gasteiger partial charge in [-0.3, -0.25) is 19.0 Å². The number of aryl methyl sites for hydroxylation is 1. The van der Waals surface area contributed by atoms with Crippen molar-refractivity contribution in [1.82, 2.24) is 19.6 Å². The fraction of sp³-hybridized carbons (Fsp3) is 0.176. The van der Waals surface area contributed by atoms with Crippen LogP contribution in [-0.4, -0.2) is 36.5 Å². The fourth-order valence-corrected chi connectivity index (χ4v) is 2.76. The highest BCUT2D eigenvalue weighted by atomic mass is 35.5. The van der Waals surface area contributed by atoms with E-state index in [1.54, 1.807) is 23.0 Å². The Hall–Kier alpha value is -2.84. The second-order valence-electron chi connectivity index (χ2n) is 5.71. The van der Waals surface area contributed by atoms with Crippen LogP contribution in [0.1, 0.15) is 22.5 Å². The summed E-state index contributed by atoms with van der Waals surface area (Å²) in [7, 11) is 0. The van der Waals surface area contributed by atoms with Gasteiger partial charge in [-0.2, -0.15) is 10.2 Å². The lowest BCUT2D eigenvalue weighted by molar-refractivity contribution is -0.137. The molecule has 8 nitrogen and oxygen atoms in total. The SMILES string of the molecule is O=C(O)CCn1nccc1C(=O)Nc1cnn(Cc2ccc(Cl)c(Cl)c2)c1. The summed E-state index contributed by atoms with van der Waals surface area (Å²) in [5.74, 6) is -1.35. The number of carbonyl (C=O) groups is 2. The van der Waals surface area contributed by atoms with Crippen LogP contribution in [0, 0.1) is 0 Å². The second-order valence-corrected chi connectivity index (χ2v) is 6.53. The quantitative estimate of drug-likeness (QED) is 0.625. The molecule has 140 valence electrons. The van der Waals surface area contributed by atoms with Gasteiger partial charge in [0.2, 0.25) is 0 Å². The van der Waals surface area contributed by atoms with E-state index in [1.165, 1.54) is 23.1 Å². The molecule has 0 saturated heterocycles. The van der Waals surface area contributed by atoms with Crippen LogP contribution in [0.25, 0.3) is 0 Å². The molecule has 3 aromatic rings. The predicted molar refractivity (Wildman–Crippen MR) is 100 cm³/mol. The average molecular weight is 408 g/mol. The molecule has 0 bridgehead atoms. The van der Waals surface area contributed by atoms with Gasteiger partial charge in [-0.1, -0.05) is 29.3 Å². The molecular weight excluding hydrogens is 393 g/mol. The molecule has 2 heterocycles. The molecule has 10 heteroatoms. The highest BCUT2D eigenvalue weighted by Gasteiger charge is 2.14. The van der Waals surface area contributed by atoms with Gasteiger partial charge in [0.1, 0.15) is 5.69 Å². The van der Waals surface area contributed by atoms with E-state index in [-0.39, 0.29) is 18.7 Å². The van der Waals surface area contributed by atoms with Crippen molar-refractivity contribution < 1.29 is 14.7 Å². The van der Waals surface area contributed by atoms with E-state index in [2.05, 4.69) is 15.5 Å². The molecule has 0 atom stereocenters. The van der Waals surface area contributed by atoms with Crippen LogP contribution >= 0.6 is 23.2 Å². The summed E-state index contributed by atoms with van der Waals surface area (Å²) in [6.45, 7) is 0.574.